The normalized spacial score (nSPS) is 14.8. The van der Waals surface area contributed by atoms with Crippen LogP contribution in [0.2, 0.25) is 0 Å². The Labute approximate surface area is 182 Å². The zero-order chi connectivity index (χ0) is 21.5. The molecule has 1 N–H and O–H groups in total. The summed E-state index contributed by atoms with van der Waals surface area (Å²) in [5, 5.41) is 2.94. The molecule has 0 saturated carbocycles. The maximum absolute atomic E-state index is 12.9. The van der Waals surface area contributed by atoms with Crippen LogP contribution in [0, 0.1) is 0 Å². The highest BCUT2D eigenvalue weighted by molar-refractivity contribution is 6.13. The Morgan fingerprint density at radius 1 is 0.806 bits per heavy atom. The molecule has 0 radical (unpaired) electrons. The van der Waals surface area contributed by atoms with Gasteiger partial charge in [0.25, 0.3) is 0 Å². The average molecular weight is 415 g/mol. The molecule has 2 heterocycles. The van der Waals surface area contributed by atoms with Gasteiger partial charge in [0.1, 0.15) is 0 Å². The molecule has 0 unspecified atom stereocenters. The standard InChI is InChI=1S/C25H26N4O2/c30-24(19-29-16-14-28(15-17-29)18-20-10-12-26-13-11-20)27-23-9-5-4-8-22(23)25(31)21-6-2-1-3-7-21/h1-13H,14-19H2,(H,27,30). The Bertz CT molecular complexity index is 1020. The van der Waals surface area contributed by atoms with Gasteiger partial charge in [-0.25, -0.2) is 0 Å². The van der Waals surface area contributed by atoms with Crippen LogP contribution in [-0.4, -0.2) is 59.2 Å². The van der Waals surface area contributed by atoms with Gasteiger partial charge in [0, 0.05) is 56.2 Å². The molecule has 1 aliphatic heterocycles. The van der Waals surface area contributed by atoms with Crippen LogP contribution in [0.1, 0.15) is 21.5 Å². The van der Waals surface area contributed by atoms with Crippen LogP contribution in [0.25, 0.3) is 0 Å². The molecule has 0 atom stereocenters. The Morgan fingerprint density at radius 3 is 2.19 bits per heavy atom. The molecule has 1 aliphatic rings. The minimum absolute atomic E-state index is 0.0961. The van der Waals surface area contributed by atoms with Crippen LogP contribution in [-0.2, 0) is 11.3 Å². The fourth-order valence-corrected chi connectivity index (χ4v) is 3.78. The number of piperazine rings is 1. The van der Waals surface area contributed by atoms with E-state index in [-0.39, 0.29) is 11.7 Å². The van der Waals surface area contributed by atoms with Crippen molar-refractivity contribution in [1.82, 2.24) is 14.8 Å². The maximum Gasteiger partial charge on any atom is 0.238 e. The fraction of sp³-hybridized carbons (Fsp3) is 0.240. The number of hydrogen-bond acceptors (Lipinski definition) is 5. The zero-order valence-electron chi connectivity index (χ0n) is 17.4. The molecule has 4 rings (SSSR count). The highest BCUT2D eigenvalue weighted by Gasteiger charge is 2.20. The Morgan fingerprint density at radius 2 is 1.45 bits per heavy atom. The molecule has 2 aromatic carbocycles. The van der Waals surface area contributed by atoms with Crippen LogP contribution in [0.4, 0.5) is 5.69 Å². The second-order valence-corrected chi connectivity index (χ2v) is 7.70. The van der Waals surface area contributed by atoms with E-state index in [0.29, 0.717) is 23.4 Å². The second-order valence-electron chi connectivity index (χ2n) is 7.70. The Hall–Kier alpha value is -3.35. The van der Waals surface area contributed by atoms with E-state index in [1.165, 1.54) is 5.56 Å². The number of ketones is 1. The molecule has 1 aromatic heterocycles. The second kappa shape index (κ2) is 10.1. The summed E-state index contributed by atoms with van der Waals surface area (Å²) < 4.78 is 0. The third kappa shape index (κ3) is 5.63. The lowest BCUT2D eigenvalue weighted by molar-refractivity contribution is -0.117. The molecule has 3 aromatic rings. The van der Waals surface area contributed by atoms with Gasteiger partial charge in [-0.15, -0.1) is 0 Å². The summed E-state index contributed by atoms with van der Waals surface area (Å²) in [4.78, 5) is 34.1. The largest absolute Gasteiger partial charge is 0.324 e. The van der Waals surface area contributed by atoms with Crippen molar-refractivity contribution in [2.75, 3.05) is 38.0 Å². The number of hydrogen-bond donors (Lipinski definition) is 1. The van der Waals surface area contributed by atoms with E-state index >= 15 is 0 Å². The van der Waals surface area contributed by atoms with E-state index in [9.17, 15) is 9.59 Å². The molecule has 1 fully saturated rings. The lowest BCUT2D eigenvalue weighted by Crippen LogP contribution is -2.48. The molecule has 1 amide bonds. The minimum Gasteiger partial charge on any atom is -0.324 e. The summed E-state index contributed by atoms with van der Waals surface area (Å²) in [5.74, 6) is -0.197. The number of rotatable bonds is 7. The van der Waals surface area contributed by atoms with Crippen LogP contribution in [0.15, 0.2) is 79.1 Å². The molecule has 6 heteroatoms. The first-order valence-corrected chi connectivity index (χ1v) is 10.5. The van der Waals surface area contributed by atoms with E-state index in [0.717, 1.165) is 32.7 Å². The van der Waals surface area contributed by atoms with Crippen molar-refractivity contribution in [2.45, 2.75) is 6.54 Å². The Kier molecular flexibility index (Phi) is 6.82. The number of carbonyl (C=O) groups excluding carboxylic acids is 2. The van der Waals surface area contributed by atoms with Gasteiger partial charge in [0.15, 0.2) is 5.78 Å². The number of pyridine rings is 1. The summed E-state index contributed by atoms with van der Waals surface area (Å²) in [6.07, 6.45) is 3.63. The summed E-state index contributed by atoms with van der Waals surface area (Å²) in [6, 6.07) is 20.4. The number of nitrogens with one attached hydrogen (secondary N) is 1. The van der Waals surface area contributed by atoms with Crippen molar-refractivity contribution >= 4 is 17.4 Å². The lowest BCUT2D eigenvalue weighted by atomic mass is 10.0. The molecular formula is C25H26N4O2. The third-order valence-electron chi connectivity index (χ3n) is 5.47. The van der Waals surface area contributed by atoms with Gasteiger partial charge in [-0.3, -0.25) is 24.4 Å². The molecule has 6 nitrogen and oxygen atoms in total. The highest BCUT2D eigenvalue weighted by atomic mass is 16.2. The van der Waals surface area contributed by atoms with Gasteiger partial charge in [0.2, 0.25) is 5.91 Å². The molecule has 0 aliphatic carbocycles. The monoisotopic (exact) mass is 414 g/mol. The summed E-state index contributed by atoms with van der Waals surface area (Å²) in [6.45, 7) is 4.72. The summed E-state index contributed by atoms with van der Waals surface area (Å²) in [5.41, 5.74) is 2.91. The van der Waals surface area contributed by atoms with E-state index in [2.05, 4.69) is 20.1 Å². The third-order valence-corrected chi connectivity index (χ3v) is 5.47. The fourth-order valence-electron chi connectivity index (χ4n) is 3.78. The number of anilines is 1. The molecule has 158 valence electrons. The average Bonchev–Trinajstić information content (AvgIpc) is 2.81. The lowest BCUT2D eigenvalue weighted by Gasteiger charge is -2.34. The molecule has 31 heavy (non-hydrogen) atoms. The van der Waals surface area contributed by atoms with Gasteiger partial charge in [-0.1, -0.05) is 42.5 Å². The molecule has 0 bridgehead atoms. The van der Waals surface area contributed by atoms with Gasteiger partial charge in [-0.2, -0.15) is 0 Å². The van der Waals surface area contributed by atoms with Crippen LogP contribution in [0.3, 0.4) is 0 Å². The molecular weight excluding hydrogens is 388 g/mol. The van der Waals surface area contributed by atoms with Crippen molar-refractivity contribution in [1.29, 1.82) is 0 Å². The van der Waals surface area contributed by atoms with Crippen molar-refractivity contribution in [3.05, 3.63) is 95.8 Å². The molecule has 1 saturated heterocycles. The SMILES string of the molecule is O=C(CN1CCN(Cc2ccncc2)CC1)Nc1ccccc1C(=O)c1ccccc1. The Balaban J connectivity index is 1.31. The topological polar surface area (TPSA) is 65.5 Å². The first-order valence-electron chi connectivity index (χ1n) is 10.5. The number of amides is 1. The van der Waals surface area contributed by atoms with Crippen LogP contribution in [0.5, 0.6) is 0 Å². The van der Waals surface area contributed by atoms with Crippen LogP contribution < -0.4 is 5.32 Å². The summed E-state index contributed by atoms with van der Waals surface area (Å²) in [7, 11) is 0. The number of carbonyl (C=O) groups is 2. The van der Waals surface area contributed by atoms with Crippen molar-refractivity contribution in [2.24, 2.45) is 0 Å². The van der Waals surface area contributed by atoms with Gasteiger partial charge in [0.05, 0.1) is 12.2 Å². The van der Waals surface area contributed by atoms with E-state index in [4.69, 9.17) is 0 Å². The highest BCUT2D eigenvalue weighted by Crippen LogP contribution is 2.19. The van der Waals surface area contributed by atoms with Crippen molar-refractivity contribution in [3.8, 4) is 0 Å². The van der Waals surface area contributed by atoms with Crippen molar-refractivity contribution in [3.63, 3.8) is 0 Å². The van der Waals surface area contributed by atoms with Crippen molar-refractivity contribution < 1.29 is 9.59 Å². The predicted octanol–water partition coefficient (Wildman–Crippen LogP) is 3.07. The number of para-hydroxylation sites is 1. The summed E-state index contributed by atoms with van der Waals surface area (Å²) >= 11 is 0. The maximum atomic E-state index is 12.9. The van der Waals surface area contributed by atoms with E-state index < -0.39 is 0 Å². The minimum atomic E-state index is -0.101. The number of nitrogens with zero attached hydrogens (tertiary/aromatic N) is 3. The first kappa shape index (κ1) is 20.9. The zero-order valence-corrected chi connectivity index (χ0v) is 17.4. The van der Waals surface area contributed by atoms with E-state index in [1.54, 1.807) is 24.3 Å². The molecule has 0 spiro atoms. The number of aromatic nitrogens is 1. The van der Waals surface area contributed by atoms with Gasteiger partial charge < -0.3 is 5.32 Å². The smallest absolute Gasteiger partial charge is 0.238 e. The predicted molar refractivity (Wildman–Crippen MR) is 121 cm³/mol. The first-order chi connectivity index (χ1) is 15.2. The van der Waals surface area contributed by atoms with Gasteiger partial charge in [-0.05, 0) is 29.8 Å². The van der Waals surface area contributed by atoms with Gasteiger partial charge >= 0.3 is 0 Å². The number of benzene rings is 2. The van der Waals surface area contributed by atoms with Crippen LogP contribution >= 0.6 is 0 Å². The van der Waals surface area contributed by atoms with E-state index in [1.807, 2.05) is 54.9 Å². The quantitative estimate of drug-likeness (QED) is 0.602.